The smallest absolute Gasteiger partial charge is 0.255 e. The number of nitrogens with zero attached hydrogens (tertiary/aromatic N) is 3. The molecule has 0 fully saturated rings. The van der Waals surface area contributed by atoms with E-state index in [1.54, 1.807) is 29.1 Å². The van der Waals surface area contributed by atoms with Crippen molar-refractivity contribution < 1.29 is 0 Å². The summed E-state index contributed by atoms with van der Waals surface area (Å²) in [4.78, 5) is 17.3. The van der Waals surface area contributed by atoms with Gasteiger partial charge in [0, 0.05) is 35.3 Å². The van der Waals surface area contributed by atoms with Gasteiger partial charge in [0.25, 0.3) is 5.56 Å². The van der Waals surface area contributed by atoms with Crippen molar-refractivity contribution in [1.29, 1.82) is 5.26 Å². The second kappa shape index (κ2) is 7.11. The third kappa shape index (κ3) is 3.14. The Hall–Kier alpha value is -3.97. The molecule has 0 atom stereocenters. The number of rotatable bonds is 3. The van der Waals surface area contributed by atoms with Crippen LogP contribution in [0.15, 0.2) is 96.1 Å². The molecule has 0 amide bonds. The molecule has 4 rings (SSSR count). The minimum atomic E-state index is -0.163. The number of benzene rings is 2. The van der Waals surface area contributed by atoms with Crippen LogP contribution in [0.4, 0.5) is 0 Å². The first kappa shape index (κ1) is 16.5. The lowest BCUT2D eigenvalue weighted by Crippen LogP contribution is -2.17. The molecular formula is C23H15N3O. The van der Waals surface area contributed by atoms with Crippen molar-refractivity contribution in [2.45, 2.75) is 0 Å². The Morgan fingerprint density at radius 3 is 2.30 bits per heavy atom. The van der Waals surface area contributed by atoms with Crippen LogP contribution in [0.3, 0.4) is 0 Å². The van der Waals surface area contributed by atoms with Gasteiger partial charge in [-0.15, -0.1) is 0 Å². The third-order valence-corrected chi connectivity index (χ3v) is 4.37. The van der Waals surface area contributed by atoms with Gasteiger partial charge in [-0.1, -0.05) is 42.5 Å². The monoisotopic (exact) mass is 349 g/mol. The topological polar surface area (TPSA) is 58.7 Å². The van der Waals surface area contributed by atoms with Gasteiger partial charge >= 0.3 is 0 Å². The van der Waals surface area contributed by atoms with E-state index in [0.29, 0.717) is 11.1 Å². The normalized spacial score (nSPS) is 10.3. The van der Waals surface area contributed by atoms with E-state index in [1.165, 1.54) is 0 Å². The Bertz CT molecular complexity index is 1190. The molecule has 0 spiro atoms. The molecule has 2 aromatic heterocycles. The predicted molar refractivity (Wildman–Crippen MR) is 105 cm³/mol. The molecule has 0 aliphatic rings. The zero-order valence-electron chi connectivity index (χ0n) is 14.4. The lowest BCUT2D eigenvalue weighted by atomic mass is 9.95. The summed E-state index contributed by atoms with van der Waals surface area (Å²) in [5.41, 5.74) is 4.09. The number of hydrogen-bond donors (Lipinski definition) is 0. The van der Waals surface area contributed by atoms with E-state index in [1.807, 2.05) is 66.7 Å². The van der Waals surface area contributed by atoms with Crippen LogP contribution in [-0.2, 0) is 0 Å². The molecule has 0 N–H and O–H groups in total. The van der Waals surface area contributed by atoms with Gasteiger partial charge in [0.1, 0.15) is 0 Å². The van der Waals surface area contributed by atoms with Crippen molar-refractivity contribution in [3.63, 3.8) is 0 Å². The molecule has 0 aliphatic heterocycles. The highest BCUT2D eigenvalue weighted by atomic mass is 16.1. The molecule has 0 unspecified atom stereocenters. The Labute approximate surface area is 156 Å². The first-order valence-electron chi connectivity index (χ1n) is 8.51. The van der Waals surface area contributed by atoms with Crippen LogP contribution in [0.5, 0.6) is 0 Å². The van der Waals surface area contributed by atoms with Gasteiger partial charge in [-0.25, -0.2) is 0 Å². The minimum Gasteiger partial charge on any atom is -0.284 e. The van der Waals surface area contributed by atoms with Crippen molar-refractivity contribution in [3.8, 4) is 34.1 Å². The molecule has 27 heavy (non-hydrogen) atoms. The number of nitriles is 1. The van der Waals surface area contributed by atoms with Gasteiger partial charge in [0.05, 0.1) is 17.3 Å². The third-order valence-electron chi connectivity index (χ3n) is 4.37. The molecule has 4 aromatic rings. The average Bonchev–Trinajstić information content (AvgIpc) is 2.74. The summed E-state index contributed by atoms with van der Waals surface area (Å²) >= 11 is 0. The zero-order valence-corrected chi connectivity index (χ0v) is 14.4. The largest absolute Gasteiger partial charge is 0.284 e. The Morgan fingerprint density at radius 2 is 1.56 bits per heavy atom. The van der Waals surface area contributed by atoms with Crippen LogP contribution < -0.4 is 5.56 Å². The summed E-state index contributed by atoms with van der Waals surface area (Å²) in [5.74, 6) is 0. The minimum absolute atomic E-state index is 0.163. The maximum absolute atomic E-state index is 12.9. The lowest BCUT2D eigenvalue weighted by molar-refractivity contribution is 0.992. The van der Waals surface area contributed by atoms with Crippen LogP contribution in [0, 0.1) is 11.3 Å². The molecule has 0 radical (unpaired) electrons. The van der Waals surface area contributed by atoms with Gasteiger partial charge in [-0.05, 0) is 35.9 Å². The fourth-order valence-electron chi connectivity index (χ4n) is 3.09. The van der Waals surface area contributed by atoms with Crippen molar-refractivity contribution >= 4 is 0 Å². The van der Waals surface area contributed by atoms with Crippen molar-refractivity contribution in [2.24, 2.45) is 0 Å². The van der Waals surface area contributed by atoms with E-state index in [9.17, 15) is 10.1 Å². The molecule has 0 aliphatic carbocycles. The fraction of sp³-hybridized carbons (Fsp3) is 0. The number of hydrogen-bond acceptors (Lipinski definition) is 3. The highest BCUT2D eigenvalue weighted by molar-refractivity contribution is 5.84. The summed E-state index contributed by atoms with van der Waals surface area (Å²) in [6, 6.07) is 26.2. The van der Waals surface area contributed by atoms with E-state index < -0.39 is 0 Å². The Kier molecular flexibility index (Phi) is 4.34. The Morgan fingerprint density at radius 1 is 0.815 bits per heavy atom. The predicted octanol–water partition coefficient (Wildman–Crippen LogP) is 4.44. The van der Waals surface area contributed by atoms with Crippen LogP contribution in [0.1, 0.15) is 5.56 Å². The molecule has 128 valence electrons. The first-order valence-corrected chi connectivity index (χ1v) is 8.51. The van der Waals surface area contributed by atoms with E-state index in [-0.39, 0.29) is 5.56 Å². The summed E-state index contributed by atoms with van der Waals surface area (Å²) in [6.07, 6.45) is 3.51. The van der Waals surface area contributed by atoms with E-state index >= 15 is 0 Å². The SMILES string of the molecule is N#Cc1ccccc1-c1cc(=O)n(-c2ccccc2)cc1-c1ccccn1. The van der Waals surface area contributed by atoms with Gasteiger partial charge in [0.2, 0.25) is 0 Å². The van der Waals surface area contributed by atoms with E-state index in [4.69, 9.17) is 0 Å². The van der Waals surface area contributed by atoms with Gasteiger partial charge < -0.3 is 0 Å². The quantitative estimate of drug-likeness (QED) is 0.549. The number of pyridine rings is 2. The first-order chi connectivity index (χ1) is 13.3. The molecule has 2 aromatic carbocycles. The van der Waals surface area contributed by atoms with Crippen molar-refractivity contribution in [3.05, 3.63) is 107 Å². The van der Waals surface area contributed by atoms with E-state index in [0.717, 1.165) is 22.5 Å². The maximum atomic E-state index is 12.9. The molecule has 0 bridgehead atoms. The molecule has 0 saturated heterocycles. The standard InChI is InChI=1S/C23H15N3O/c24-15-17-8-4-5-11-19(17)20-14-23(27)26(18-9-2-1-3-10-18)16-21(20)22-12-6-7-13-25-22/h1-14,16H. The van der Waals surface area contributed by atoms with Gasteiger partial charge in [-0.3, -0.25) is 14.3 Å². The second-order valence-electron chi connectivity index (χ2n) is 6.02. The van der Waals surface area contributed by atoms with Crippen LogP contribution in [0.25, 0.3) is 28.1 Å². The van der Waals surface area contributed by atoms with Crippen molar-refractivity contribution in [2.75, 3.05) is 0 Å². The summed E-state index contributed by atoms with van der Waals surface area (Å²) in [6.45, 7) is 0. The summed E-state index contributed by atoms with van der Waals surface area (Å²) in [7, 11) is 0. The van der Waals surface area contributed by atoms with Gasteiger partial charge in [-0.2, -0.15) is 5.26 Å². The zero-order chi connectivity index (χ0) is 18.6. The van der Waals surface area contributed by atoms with E-state index in [2.05, 4.69) is 11.1 Å². The number of para-hydroxylation sites is 1. The molecule has 0 saturated carbocycles. The summed E-state index contributed by atoms with van der Waals surface area (Å²) in [5, 5.41) is 9.49. The maximum Gasteiger partial charge on any atom is 0.255 e. The molecular weight excluding hydrogens is 334 g/mol. The van der Waals surface area contributed by atoms with Crippen molar-refractivity contribution in [1.82, 2.24) is 9.55 Å². The average molecular weight is 349 g/mol. The van der Waals surface area contributed by atoms with Gasteiger partial charge in [0.15, 0.2) is 0 Å². The molecule has 2 heterocycles. The van der Waals surface area contributed by atoms with Crippen LogP contribution >= 0.6 is 0 Å². The number of aromatic nitrogens is 2. The highest BCUT2D eigenvalue weighted by Gasteiger charge is 2.15. The lowest BCUT2D eigenvalue weighted by Gasteiger charge is -2.14. The Balaban J connectivity index is 2.04. The fourth-order valence-corrected chi connectivity index (χ4v) is 3.09. The highest BCUT2D eigenvalue weighted by Crippen LogP contribution is 2.32. The molecule has 4 heteroatoms. The van der Waals surface area contributed by atoms with Crippen LogP contribution in [-0.4, -0.2) is 9.55 Å². The summed E-state index contributed by atoms with van der Waals surface area (Å²) < 4.78 is 1.60. The molecule has 4 nitrogen and oxygen atoms in total. The van der Waals surface area contributed by atoms with Crippen LogP contribution in [0.2, 0.25) is 0 Å². The second-order valence-corrected chi connectivity index (χ2v) is 6.02.